The molecule has 3 nitrogen and oxygen atoms in total. The Morgan fingerprint density at radius 2 is 1.83 bits per heavy atom. The Bertz CT molecular complexity index is 234. The van der Waals surface area contributed by atoms with Crippen LogP contribution in [-0.4, -0.2) is 18.3 Å². The molecule has 0 aromatic carbocycles. The van der Waals surface area contributed by atoms with Gasteiger partial charge in [-0.3, -0.25) is 9.59 Å². The summed E-state index contributed by atoms with van der Waals surface area (Å²) in [6.45, 7) is 3.67. The van der Waals surface area contributed by atoms with Gasteiger partial charge in [0.1, 0.15) is 0 Å². The SMILES string of the molecule is COC(=O)[C@@H]1[C@H](C(=O)Cl)C1(C)C. The van der Waals surface area contributed by atoms with E-state index in [2.05, 4.69) is 4.74 Å². The van der Waals surface area contributed by atoms with Gasteiger partial charge in [-0.25, -0.2) is 0 Å². The van der Waals surface area contributed by atoms with Crippen LogP contribution in [0.5, 0.6) is 0 Å². The fourth-order valence-electron chi connectivity index (χ4n) is 1.63. The van der Waals surface area contributed by atoms with Gasteiger partial charge in [-0.1, -0.05) is 13.8 Å². The molecule has 0 N–H and O–H groups in total. The molecule has 0 radical (unpaired) electrons. The van der Waals surface area contributed by atoms with E-state index in [0.29, 0.717) is 0 Å². The first-order chi connectivity index (χ1) is 5.42. The first-order valence-corrected chi connectivity index (χ1v) is 4.08. The van der Waals surface area contributed by atoms with Crippen LogP contribution < -0.4 is 0 Å². The molecule has 1 aliphatic rings. The molecule has 1 aliphatic carbocycles. The lowest BCUT2D eigenvalue weighted by Gasteiger charge is -1.98. The highest BCUT2D eigenvalue weighted by Crippen LogP contribution is 2.59. The average molecular weight is 191 g/mol. The van der Waals surface area contributed by atoms with Gasteiger partial charge in [-0.05, 0) is 17.0 Å². The summed E-state index contributed by atoms with van der Waals surface area (Å²) in [6.07, 6.45) is 0. The number of hydrogen-bond donors (Lipinski definition) is 0. The molecule has 4 heteroatoms. The molecule has 0 aliphatic heterocycles. The number of halogens is 1. The molecule has 0 aromatic rings. The third-order valence-electron chi connectivity index (χ3n) is 2.53. The molecular weight excluding hydrogens is 180 g/mol. The Morgan fingerprint density at radius 3 is 2.08 bits per heavy atom. The summed E-state index contributed by atoms with van der Waals surface area (Å²) in [5.41, 5.74) is -0.327. The van der Waals surface area contributed by atoms with Crippen LogP contribution in [0.2, 0.25) is 0 Å². The summed E-state index contributed by atoms with van der Waals surface area (Å²) in [4.78, 5) is 21.9. The Morgan fingerprint density at radius 1 is 1.33 bits per heavy atom. The van der Waals surface area contributed by atoms with Crippen molar-refractivity contribution < 1.29 is 14.3 Å². The average Bonchev–Trinajstić information content (AvgIpc) is 2.52. The van der Waals surface area contributed by atoms with E-state index in [1.165, 1.54) is 7.11 Å². The maximum atomic E-state index is 11.1. The first kappa shape index (κ1) is 9.52. The van der Waals surface area contributed by atoms with Crippen LogP contribution in [0.15, 0.2) is 0 Å². The van der Waals surface area contributed by atoms with E-state index in [9.17, 15) is 9.59 Å². The third-order valence-corrected chi connectivity index (χ3v) is 2.76. The van der Waals surface area contributed by atoms with Crippen LogP contribution in [0.1, 0.15) is 13.8 Å². The second-order valence-electron chi connectivity index (χ2n) is 3.60. The molecule has 12 heavy (non-hydrogen) atoms. The summed E-state index contributed by atoms with van der Waals surface area (Å²) in [7, 11) is 1.31. The predicted octanol–water partition coefficient (Wildman–Crippen LogP) is 1.20. The number of carbonyl (C=O) groups excluding carboxylic acids is 2. The van der Waals surface area contributed by atoms with E-state index in [1.807, 2.05) is 13.8 Å². The van der Waals surface area contributed by atoms with Crippen molar-refractivity contribution in [1.82, 2.24) is 0 Å². The van der Waals surface area contributed by atoms with Crippen LogP contribution >= 0.6 is 11.6 Å². The molecule has 2 atom stereocenters. The van der Waals surface area contributed by atoms with Crippen molar-refractivity contribution in [3.63, 3.8) is 0 Å². The lowest BCUT2D eigenvalue weighted by molar-refractivity contribution is -0.143. The van der Waals surface area contributed by atoms with Gasteiger partial charge < -0.3 is 4.74 Å². The largest absolute Gasteiger partial charge is 0.469 e. The van der Waals surface area contributed by atoms with Crippen molar-refractivity contribution in [2.24, 2.45) is 17.3 Å². The predicted molar refractivity (Wildman–Crippen MR) is 43.6 cm³/mol. The molecule has 68 valence electrons. The highest BCUT2D eigenvalue weighted by Gasteiger charge is 2.65. The van der Waals surface area contributed by atoms with Crippen molar-refractivity contribution >= 4 is 22.8 Å². The summed E-state index contributed by atoms with van der Waals surface area (Å²) < 4.78 is 4.54. The van der Waals surface area contributed by atoms with Gasteiger partial charge >= 0.3 is 5.97 Å². The van der Waals surface area contributed by atoms with Gasteiger partial charge in [0.05, 0.1) is 18.9 Å². The zero-order chi connectivity index (χ0) is 9.52. The Labute approximate surface area is 76.0 Å². The minimum Gasteiger partial charge on any atom is -0.469 e. The third kappa shape index (κ3) is 1.22. The number of methoxy groups -OCH3 is 1. The monoisotopic (exact) mass is 190 g/mol. The molecule has 1 saturated carbocycles. The molecule has 1 fully saturated rings. The quantitative estimate of drug-likeness (QED) is 0.486. The molecular formula is C8H11ClO3. The summed E-state index contributed by atoms with van der Waals surface area (Å²) in [6, 6.07) is 0. The van der Waals surface area contributed by atoms with Crippen molar-refractivity contribution in [3.8, 4) is 0 Å². The van der Waals surface area contributed by atoms with Gasteiger partial charge in [0.25, 0.3) is 0 Å². The number of esters is 1. The van der Waals surface area contributed by atoms with E-state index >= 15 is 0 Å². The van der Waals surface area contributed by atoms with Crippen LogP contribution in [0, 0.1) is 17.3 Å². The Kier molecular flexibility index (Phi) is 2.17. The number of rotatable bonds is 2. The molecule has 0 amide bonds. The van der Waals surface area contributed by atoms with Gasteiger partial charge in [0.15, 0.2) is 0 Å². The highest BCUT2D eigenvalue weighted by molar-refractivity contribution is 6.64. The fourth-order valence-corrected chi connectivity index (χ4v) is 2.04. The smallest absolute Gasteiger partial charge is 0.310 e. The molecule has 0 unspecified atom stereocenters. The first-order valence-electron chi connectivity index (χ1n) is 3.70. The summed E-state index contributed by atoms with van der Waals surface area (Å²) >= 11 is 5.31. The number of hydrogen-bond acceptors (Lipinski definition) is 3. The van der Waals surface area contributed by atoms with Crippen molar-refractivity contribution in [2.75, 3.05) is 7.11 Å². The van der Waals surface area contributed by atoms with Crippen LogP contribution in [0.3, 0.4) is 0 Å². The second-order valence-corrected chi connectivity index (χ2v) is 3.98. The van der Waals surface area contributed by atoms with E-state index in [1.54, 1.807) is 0 Å². The molecule has 0 aromatic heterocycles. The lowest BCUT2D eigenvalue weighted by atomic mass is 10.1. The van der Waals surface area contributed by atoms with Crippen molar-refractivity contribution in [2.45, 2.75) is 13.8 Å². The molecule has 0 spiro atoms. The van der Waals surface area contributed by atoms with E-state index in [0.717, 1.165) is 0 Å². The molecule has 1 rings (SSSR count). The summed E-state index contributed by atoms with van der Waals surface area (Å²) in [5, 5.41) is -0.449. The molecule has 0 saturated heterocycles. The minimum absolute atomic E-state index is 0.327. The fraction of sp³-hybridized carbons (Fsp3) is 0.750. The van der Waals surface area contributed by atoms with E-state index in [4.69, 9.17) is 11.6 Å². The van der Waals surface area contributed by atoms with Crippen LogP contribution in [-0.2, 0) is 14.3 Å². The number of ether oxygens (including phenoxy) is 1. The van der Waals surface area contributed by atoms with E-state index in [-0.39, 0.29) is 23.2 Å². The van der Waals surface area contributed by atoms with Crippen molar-refractivity contribution in [3.05, 3.63) is 0 Å². The second kappa shape index (κ2) is 2.73. The van der Waals surface area contributed by atoms with E-state index < -0.39 is 5.24 Å². The maximum Gasteiger partial charge on any atom is 0.310 e. The number of carbonyl (C=O) groups is 2. The zero-order valence-corrected chi connectivity index (χ0v) is 8.01. The topological polar surface area (TPSA) is 43.4 Å². The Balaban J connectivity index is 2.73. The van der Waals surface area contributed by atoms with Gasteiger partial charge in [-0.15, -0.1) is 0 Å². The van der Waals surface area contributed by atoms with Gasteiger partial charge in [0.2, 0.25) is 5.24 Å². The Hall–Kier alpha value is -0.570. The van der Waals surface area contributed by atoms with Crippen molar-refractivity contribution in [1.29, 1.82) is 0 Å². The zero-order valence-electron chi connectivity index (χ0n) is 7.26. The highest BCUT2D eigenvalue weighted by atomic mass is 35.5. The van der Waals surface area contributed by atoms with Crippen LogP contribution in [0.4, 0.5) is 0 Å². The maximum absolute atomic E-state index is 11.1. The lowest BCUT2D eigenvalue weighted by Crippen LogP contribution is -2.07. The van der Waals surface area contributed by atoms with Gasteiger partial charge in [-0.2, -0.15) is 0 Å². The molecule has 0 bridgehead atoms. The summed E-state index contributed by atoms with van der Waals surface area (Å²) in [5.74, 6) is -1.07. The standard InChI is InChI=1S/C8H11ClO3/c1-8(2)4(6(9)10)5(8)7(11)12-3/h4-5H,1-3H3/t4-,5+/m1/s1. The minimum atomic E-state index is -0.449. The molecule has 0 heterocycles. The van der Waals surface area contributed by atoms with Crippen LogP contribution in [0.25, 0.3) is 0 Å². The van der Waals surface area contributed by atoms with Gasteiger partial charge in [0, 0.05) is 0 Å². The normalized spacial score (nSPS) is 31.0.